The van der Waals surface area contributed by atoms with Crippen LogP contribution in [0, 0.1) is 5.92 Å². The van der Waals surface area contributed by atoms with Gasteiger partial charge in [0.2, 0.25) is 5.91 Å². The lowest BCUT2D eigenvalue weighted by Crippen LogP contribution is -2.56. The van der Waals surface area contributed by atoms with Crippen LogP contribution in [0.2, 0.25) is 0 Å². The molecule has 0 aromatic rings. The number of carboxylic acids is 1. The molecule has 108 valence electrons. The van der Waals surface area contributed by atoms with Crippen molar-refractivity contribution in [1.29, 1.82) is 0 Å². The third-order valence-corrected chi connectivity index (χ3v) is 4.36. The number of hydrogen-bond acceptors (Lipinski definition) is 3. The molecule has 0 aromatic carbocycles. The van der Waals surface area contributed by atoms with Crippen molar-refractivity contribution >= 4 is 11.9 Å². The number of piperidine rings is 1. The average Bonchev–Trinajstić information content (AvgIpc) is 2.64. The first-order valence-electron chi connectivity index (χ1n) is 7.38. The summed E-state index contributed by atoms with van der Waals surface area (Å²) < 4.78 is 0. The summed E-state index contributed by atoms with van der Waals surface area (Å²) in [4.78, 5) is 25.6. The Bertz CT molecular complexity index is 346. The molecular formula is C14H24N2O3. The van der Waals surface area contributed by atoms with Gasteiger partial charge in [-0.3, -0.25) is 4.79 Å². The average molecular weight is 268 g/mol. The molecule has 5 heteroatoms. The van der Waals surface area contributed by atoms with Crippen LogP contribution in [0.3, 0.4) is 0 Å². The van der Waals surface area contributed by atoms with Crippen LogP contribution < -0.4 is 5.32 Å². The Morgan fingerprint density at radius 1 is 1.16 bits per heavy atom. The van der Waals surface area contributed by atoms with Crippen molar-refractivity contribution in [2.45, 2.75) is 57.5 Å². The molecular weight excluding hydrogens is 244 g/mol. The smallest absolute Gasteiger partial charge is 0.326 e. The normalized spacial score (nSPS) is 32.7. The Morgan fingerprint density at radius 2 is 1.95 bits per heavy atom. The second-order valence-electron chi connectivity index (χ2n) is 5.79. The number of likely N-dealkylation sites (tertiary alicyclic amines) is 1. The van der Waals surface area contributed by atoms with E-state index in [-0.39, 0.29) is 11.9 Å². The number of carbonyl (C=O) groups is 2. The highest BCUT2D eigenvalue weighted by molar-refractivity contribution is 5.87. The van der Waals surface area contributed by atoms with Crippen LogP contribution in [0.15, 0.2) is 0 Å². The number of amides is 1. The molecule has 5 nitrogen and oxygen atoms in total. The van der Waals surface area contributed by atoms with E-state index in [1.807, 2.05) is 0 Å². The summed E-state index contributed by atoms with van der Waals surface area (Å²) in [7, 11) is 0. The Kier molecular flexibility index (Phi) is 4.80. The Morgan fingerprint density at radius 3 is 2.63 bits per heavy atom. The van der Waals surface area contributed by atoms with Crippen LogP contribution >= 0.6 is 0 Å². The van der Waals surface area contributed by atoms with Crippen molar-refractivity contribution in [2.24, 2.45) is 5.92 Å². The molecule has 1 amide bonds. The van der Waals surface area contributed by atoms with Gasteiger partial charge >= 0.3 is 5.97 Å². The van der Waals surface area contributed by atoms with E-state index in [1.54, 1.807) is 4.90 Å². The van der Waals surface area contributed by atoms with Gasteiger partial charge in [-0.15, -0.1) is 0 Å². The van der Waals surface area contributed by atoms with E-state index in [2.05, 4.69) is 12.2 Å². The van der Waals surface area contributed by atoms with Crippen molar-refractivity contribution < 1.29 is 14.7 Å². The highest BCUT2D eigenvalue weighted by atomic mass is 16.4. The van der Waals surface area contributed by atoms with Crippen LogP contribution in [-0.2, 0) is 9.59 Å². The number of nitrogens with one attached hydrogen (secondary N) is 1. The standard InChI is InChI=1S/C14H24N2O3/c1-10-6-5-8-15-12(10)13(17)16-9-4-2-3-7-11(16)14(18)19/h10-12,15H,2-9H2,1H3,(H,18,19). The Hall–Kier alpha value is -1.10. The highest BCUT2D eigenvalue weighted by Crippen LogP contribution is 2.22. The summed E-state index contributed by atoms with van der Waals surface area (Å²) in [6.07, 6.45) is 5.54. The van der Waals surface area contributed by atoms with Crippen LogP contribution in [0.1, 0.15) is 45.4 Å². The van der Waals surface area contributed by atoms with Gasteiger partial charge in [0, 0.05) is 6.54 Å². The van der Waals surface area contributed by atoms with Gasteiger partial charge in [0.1, 0.15) is 6.04 Å². The predicted octanol–water partition coefficient (Wildman–Crippen LogP) is 1.23. The predicted molar refractivity (Wildman–Crippen MR) is 71.8 cm³/mol. The second-order valence-corrected chi connectivity index (χ2v) is 5.79. The fourth-order valence-corrected chi connectivity index (χ4v) is 3.19. The fraction of sp³-hybridized carbons (Fsp3) is 0.857. The summed E-state index contributed by atoms with van der Waals surface area (Å²) in [5.74, 6) is -0.584. The van der Waals surface area contributed by atoms with E-state index in [0.717, 1.165) is 38.6 Å². The van der Waals surface area contributed by atoms with Gasteiger partial charge < -0.3 is 15.3 Å². The number of carboxylic acid groups (broad SMARTS) is 1. The topological polar surface area (TPSA) is 69.6 Å². The van der Waals surface area contributed by atoms with E-state index in [0.29, 0.717) is 18.9 Å². The molecule has 2 aliphatic rings. The molecule has 0 radical (unpaired) electrons. The molecule has 2 heterocycles. The molecule has 0 aromatic heterocycles. The SMILES string of the molecule is CC1CCCNC1C(=O)N1CCCCCC1C(=O)O. The van der Waals surface area contributed by atoms with Crippen LogP contribution in [0.25, 0.3) is 0 Å². The van der Waals surface area contributed by atoms with E-state index >= 15 is 0 Å². The largest absolute Gasteiger partial charge is 0.480 e. The summed E-state index contributed by atoms with van der Waals surface area (Å²) in [5.41, 5.74) is 0. The van der Waals surface area contributed by atoms with Crippen molar-refractivity contribution in [3.05, 3.63) is 0 Å². The summed E-state index contributed by atoms with van der Waals surface area (Å²) in [6.45, 7) is 3.51. The van der Waals surface area contributed by atoms with Crippen LogP contribution in [0.5, 0.6) is 0 Å². The minimum absolute atomic E-state index is 0.0125. The number of aliphatic carboxylic acids is 1. The van der Waals surface area contributed by atoms with Gasteiger partial charge in [0.15, 0.2) is 0 Å². The third kappa shape index (κ3) is 3.26. The van der Waals surface area contributed by atoms with Crippen LogP contribution in [0.4, 0.5) is 0 Å². The molecule has 19 heavy (non-hydrogen) atoms. The first-order chi connectivity index (χ1) is 9.11. The molecule has 0 bridgehead atoms. The zero-order valence-electron chi connectivity index (χ0n) is 11.6. The van der Waals surface area contributed by atoms with Gasteiger partial charge in [-0.05, 0) is 38.1 Å². The highest BCUT2D eigenvalue weighted by Gasteiger charge is 2.37. The quantitative estimate of drug-likeness (QED) is 0.790. The number of hydrogen-bond donors (Lipinski definition) is 2. The lowest BCUT2D eigenvalue weighted by molar-refractivity contribution is -0.151. The minimum Gasteiger partial charge on any atom is -0.480 e. The van der Waals surface area contributed by atoms with Crippen molar-refractivity contribution in [3.63, 3.8) is 0 Å². The van der Waals surface area contributed by atoms with Gasteiger partial charge in [-0.2, -0.15) is 0 Å². The van der Waals surface area contributed by atoms with Gasteiger partial charge in [0.05, 0.1) is 6.04 Å². The molecule has 3 unspecified atom stereocenters. The molecule has 0 spiro atoms. The molecule has 3 atom stereocenters. The van der Waals surface area contributed by atoms with Gasteiger partial charge in [-0.25, -0.2) is 4.79 Å². The molecule has 2 N–H and O–H groups in total. The maximum Gasteiger partial charge on any atom is 0.326 e. The fourth-order valence-electron chi connectivity index (χ4n) is 3.19. The van der Waals surface area contributed by atoms with Gasteiger partial charge in [-0.1, -0.05) is 19.8 Å². The van der Waals surface area contributed by atoms with Crippen molar-refractivity contribution in [1.82, 2.24) is 10.2 Å². The number of rotatable bonds is 2. The Labute approximate surface area is 114 Å². The minimum atomic E-state index is -0.862. The van der Waals surface area contributed by atoms with Crippen molar-refractivity contribution in [2.75, 3.05) is 13.1 Å². The maximum atomic E-state index is 12.6. The second kappa shape index (κ2) is 6.37. The van der Waals surface area contributed by atoms with Crippen LogP contribution in [-0.4, -0.2) is 47.1 Å². The lowest BCUT2D eigenvalue weighted by atomic mass is 9.91. The van der Waals surface area contributed by atoms with E-state index in [9.17, 15) is 14.7 Å². The summed E-state index contributed by atoms with van der Waals surface area (Å²) in [5, 5.41) is 12.6. The molecule has 2 aliphatic heterocycles. The number of nitrogens with zero attached hydrogens (tertiary/aromatic N) is 1. The lowest BCUT2D eigenvalue weighted by Gasteiger charge is -2.35. The van der Waals surface area contributed by atoms with E-state index in [1.165, 1.54) is 0 Å². The summed E-state index contributed by atoms with van der Waals surface area (Å²) >= 11 is 0. The third-order valence-electron chi connectivity index (χ3n) is 4.36. The monoisotopic (exact) mass is 268 g/mol. The first kappa shape index (κ1) is 14.3. The zero-order chi connectivity index (χ0) is 13.8. The van der Waals surface area contributed by atoms with E-state index < -0.39 is 12.0 Å². The number of carbonyl (C=O) groups excluding carboxylic acids is 1. The van der Waals surface area contributed by atoms with E-state index in [4.69, 9.17) is 0 Å². The molecule has 2 saturated heterocycles. The Balaban J connectivity index is 2.11. The van der Waals surface area contributed by atoms with Gasteiger partial charge in [0.25, 0.3) is 0 Å². The molecule has 0 aliphatic carbocycles. The molecule has 2 rings (SSSR count). The molecule has 0 saturated carbocycles. The first-order valence-corrected chi connectivity index (χ1v) is 7.38. The maximum absolute atomic E-state index is 12.6. The summed E-state index contributed by atoms with van der Waals surface area (Å²) in [6, 6.07) is -0.834. The van der Waals surface area contributed by atoms with Crippen molar-refractivity contribution in [3.8, 4) is 0 Å². The zero-order valence-corrected chi connectivity index (χ0v) is 11.6. The molecule has 2 fully saturated rings.